The molecule has 0 radical (unpaired) electrons. The summed E-state index contributed by atoms with van der Waals surface area (Å²) in [5, 5.41) is 4.96. The molecule has 1 aliphatic rings. The molecule has 4 nitrogen and oxygen atoms in total. The number of nitrogens with zero attached hydrogens (tertiary/aromatic N) is 1. The van der Waals surface area contributed by atoms with Gasteiger partial charge in [0.05, 0.1) is 0 Å². The minimum absolute atomic E-state index is 0.107. The van der Waals surface area contributed by atoms with Gasteiger partial charge in [-0.25, -0.2) is 8.42 Å². The highest BCUT2D eigenvalue weighted by atomic mass is 32.2. The van der Waals surface area contributed by atoms with E-state index in [1.807, 2.05) is 19.4 Å². The Hall–Kier alpha value is -0.430. The molecule has 1 fully saturated rings. The van der Waals surface area contributed by atoms with E-state index in [2.05, 4.69) is 12.2 Å². The van der Waals surface area contributed by atoms with Crippen molar-refractivity contribution in [3.8, 4) is 0 Å². The molecule has 0 spiro atoms. The van der Waals surface area contributed by atoms with Gasteiger partial charge in [-0.15, -0.1) is 11.3 Å². The maximum atomic E-state index is 12.7. The van der Waals surface area contributed by atoms with Crippen LogP contribution in [0.2, 0.25) is 0 Å². The molecule has 2 rings (SSSR count). The Morgan fingerprint density at radius 3 is 2.84 bits per heavy atom. The van der Waals surface area contributed by atoms with Crippen LogP contribution in [-0.2, 0) is 16.6 Å². The number of piperidine rings is 1. The van der Waals surface area contributed by atoms with Crippen LogP contribution in [0.25, 0.3) is 0 Å². The summed E-state index contributed by atoms with van der Waals surface area (Å²) in [6, 6.07) is 1.90. The molecule has 1 aromatic heterocycles. The number of hydrogen-bond donors (Lipinski definition) is 1. The van der Waals surface area contributed by atoms with Crippen molar-refractivity contribution in [1.82, 2.24) is 9.62 Å². The van der Waals surface area contributed by atoms with Gasteiger partial charge >= 0.3 is 0 Å². The van der Waals surface area contributed by atoms with Crippen LogP contribution in [0.3, 0.4) is 0 Å². The van der Waals surface area contributed by atoms with Crippen LogP contribution in [0.4, 0.5) is 0 Å². The van der Waals surface area contributed by atoms with Gasteiger partial charge in [0.1, 0.15) is 4.21 Å². The zero-order chi connectivity index (χ0) is 14.0. The summed E-state index contributed by atoms with van der Waals surface area (Å²) >= 11 is 1.32. The molecule has 2 heterocycles. The fourth-order valence-electron chi connectivity index (χ4n) is 2.48. The van der Waals surface area contributed by atoms with Gasteiger partial charge in [0.25, 0.3) is 10.0 Å². The van der Waals surface area contributed by atoms with Crippen LogP contribution in [0.5, 0.6) is 0 Å². The summed E-state index contributed by atoms with van der Waals surface area (Å²) in [6.07, 6.45) is 2.07. The minimum atomic E-state index is -3.32. The topological polar surface area (TPSA) is 49.4 Å². The van der Waals surface area contributed by atoms with Gasteiger partial charge in [0, 0.05) is 19.1 Å². The minimum Gasteiger partial charge on any atom is -0.316 e. The Balaban J connectivity index is 2.24. The second-order valence-corrected chi connectivity index (χ2v) is 8.44. The standard InChI is InChI=1S/C13H22N2O2S2/c1-10-4-5-11(2)15(8-10)19(16,17)13-6-12(7-14-3)9-18-13/h6,9-11,14H,4-5,7-8H2,1-3H3. The van der Waals surface area contributed by atoms with Crippen molar-refractivity contribution in [2.24, 2.45) is 5.92 Å². The lowest BCUT2D eigenvalue weighted by molar-refractivity contribution is 0.218. The lowest BCUT2D eigenvalue weighted by atomic mass is 9.97. The van der Waals surface area contributed by atoms with Crippen molar-refractivity contribution in [3.05, 3.63) is 17.0 Å². The molecule has 1 aromatic rings. The largest absolute Gasteiger partial charge is 0.316 e. The highest BCUT2D eigenvalue weighted by Crippen LogP contribution is 2.30. The SMILES string of the molecule is CNCc1csc(S(=O)(=O)N2CC(C)CCC2C)c1. The fraction of sp³-hybridized carbons (Fsp3) is 0.692. The highest BCUT2D eigenvalue weighted by molar-refractivity contribution is 7.91. The third kappa shape index (κ3) is 3.18. The van der Waals surface area contributed by atoms with Crippen LogP contribution < -0.4 is 5.32 Å². The summed E-state index contributed by atoms with van der Waals surface area (Å²) in [7, 11) is -1.46. The number of rotatable bonds is 4. The first-order valence-corrected chi connectivity index (χ1v) is 9.01. The van der Waals surface area contributed by atoms with Crippen molar-refractivity contribution < 1.29 is 8.42 Å². The van der Waals surface area contributed by atoms with Crippen molar-refractivity contribution in [2.45, 2.75) is 43.5 Å². The smallest absolute Gasteiger partial charge is 0.252 e. The Kier molecular flexibility index (Phi) is 4.66. The maximum absolute atomic E-state index is 12.7. The van der Waals surface area contributed by atoms with E-state index < -0.39 is 10.0 Å². The van der Waals surface area contributed by atoms with E-state index in [1.54, 1.807) is 10.4 Å². The predicted molar refractivity (Wildman–Crippen MR) is 78.8 cm³/mol. The average Bonchev–Trinajstić information content (AvgIpc) is 2.82. The second kappa shape index (κ2) is 5.91. The summed E-state index contributed by atoms with van der Waals surface area (Å²) in [6.45, 7) is 5.47. The van der Waals surface area contributed by atoms with Crippen LogP contribution in [-0.4, -0.2) is 32.4 Å². The molecule has 1 aliphatic heterocycles. The number of nitrogens with one attached hydrogen (secondary N) is 1. The summed E-state index contributed by atoms with van der Waals surface area (Å²) in [4.78, 5) is 0. The second-order valence-electron chi connectivity index (χ2n) is 5.41. The fourth-order valence-corrected chi connectivity index (χ4v) is 5.60. The van der Waals surface area contributed by atoms with E-state index in [0.717, 1.165) is 18.4 Å². The lowest BCUT2D eigenvalue weighted by Gasteiger charge is -2.35. The molecule has 0 bridgehead atoms. The van der Waals surface area contributed by atoms with Gasteiger partial charge in [-0.1, -0.05) is 6.92 Å². The van der Waals surface area contributed by atoms with Gasteiger partial charge < -0.3 is 5.32 Å². The molecular formula is C13H22N2O2S2. The molecule has 0 aromatic carbocycles. The highest BCUT2D eigenvalue weighted by Gasteiger charge is 2.34. The first-order valence-electron chi connectivity index (χ1n) is 6.69. The van der Waals surface area contributed by atoms with Gasteiger partial charge in [-0.2, -0.15) is 4.31 Å². The van der Waals surface area contributed by atoms with Crippen LogP contribution in [0, 0.1) is 5.92 Å². The molecule has 1 saturated heterocycles. The van der Waals surface area contributed by atoms with Crippen molar-refractivity contribution in [2.75, 3.05) is 13.6 Å². The molecular weight excluding hydrogens is 280 g/mol. The van der Waals surface area contributed by atoms with E-state index in [9.17, 15) is 8.42 Å². The molecule has 108 valence electrons. The number of thiophene rings is 1. The maximum Gasteiger partial charge on any atom is 0.252 e. The Labute approximate surface area is 119 Å². The van der Waals surface area contributed by atoms with Crippen LogP contribution in [0.15, 0.2) is 15.7 Å². The molecule has 2 unspecified atom stereocenters. The number of sulfonamides is 1. The van der Waals surface area contributed by atoms with E-state index >= 15 is 0 Å². The van der Waals surface area contributed by atoms with E-state index in [-0.39, 0.29) is 6.04 Å². The van der Waals surface area contributed by atoms with Gasteiger partial charge in [0.15, 0.2) is 0 Å². The normalized spacial score (nSPS) is 25.6. The first-order chi connectivity index (χ1) is 8.95. The zero-order valence-corrected chi connectivity index (χ0v) is 13.4. The third-order valence-corrected chi connectivity index (χ3v) is 7.08. The molecule has 1 N–H and O–H groups in total. The van der Waals surface area contributed by atoms with Crippen LogP contribution in [0.1, 0.15) is 32.3 Å². The molecule has 19 heavy (non-hydrogen) atoms. The van der Waals surface area contributed by atoms with Crippen molar-refractivity contribution in [3.63, 3.8) is 0 Å². The van der Waals surface area contributed by atoms with E-state index in [0.29, 0.717) is 23.2 Å². The van der Waals surface area contributed by atoms with Crippen LogP contribution >= 0.6 is 11.3 Å². The van der Waals surface area contributed by atoms with Gasteiger partial charge in [-0.3, -0.25) is 0 Å². The van der Waals surface area contributed by atoms with Crippen molar-refractivity contribution in [1.29, 1.82) is 0 Å². The number of hydrogen-bond acceptors (Lipinski definition) is 4. The summed E-state index contributed by atoms with van der Waals surface area (Å²) in [5.41, 5.74) is 1.03. The summed E-state index contributed by atoms with van der Waals surface area (Å²) in [5.74, 6) is 0.447. The quantitative estimate of drug-likeness (QED) is 0.928. The van der Waals surface area contributed by atoms with Crippen molar-refractivity contribution >= 4 is 21.4 Å². The molecule has 0 aliphatic carbocycles. The third-order valence-electron chi connectivity index (χ3n) is 3.63. The monoisotopic (exact) mass is 302 g/mol. The first kappa shape index (κ1) is 15.0. The Bertz CT molecular complexity index is 525. The van der Waals surface area contributed by atoms with E-state index in [4.69, 9.17) is 0 Å². The molecule has 0 saturated carbocycles. The molecule has 0 amide bonds. The lowest BCUT2D eigenvalue weighted by Crippen LogP contribution is -2.44. The Morgan fingerprint density at radius 1 is 1.42 bits per heavy atom. The zero-order valence-electron chi connectivity index (χ0n) is 11.7. The van der Waals surface area contributed by atoms with E-state index in [1.165, 1.54) is 11.3 Å². The average molecular weight is 302 g/mol. The molecule has 6 heteroatoms. The van der Waals surface area contributed by atoms with Gasteiger partial charge in [0.2, 0.25) is 0 Å². The predicted octanol–water partition coefficient (Wildman–Crippen LogP) is 2.28. The summed E-state index contributed by atoms with van der Waals surface area (Å²) < 4.78 is 27.5. The molecule has 2 atom stereocenters. The van der Waals surface area contributed by atoms with Gasteiger partial charge in [-0.05, 0) is 49.7 Å². The Morgan fingerprint density at radius 2 is 2.16 bits per heavy atom.